The number of piperidine rings is 1. The lowest BCUT2D eigenvalue weighted by Crippen LogP contribution is -2.46. The van der Waals surface area contributed by atoms with E-state index in [0.29, 0.717) is 24.2 Å². The molecule has 7 nitrogen and oxygen atoms in total. The summed E-state index contributed by atoms with van der Waals surface area (Å²) < 4.78 is 0. The van der Waals surface area contributed by atoms with E-state index in [4.69, 9.17) is 5.41 Å². The van der Waals surface area contributed by atoms with Crippen molar-refractivity contribution >= 4 is 45.2 Å². The lowest BCUT2D eigenvalue weighted by Gasteiger charge is -2.35. The first-order chi connectivity index (χ1) is 14.5. The highest BCUT2D eigenvalue weighted by Gasteiger charge is 2.41. The van der Waals surface area contributed by atoms with Crippen LogP contribution in [0.15, 0.2) is 23.7 Å². The second-order valence-corrected chi connectivity index (χ2v) is 9.91. The highest BCUT2D eigenvalue weighted by Crippen LogP contribution is 2.35. The Bertz CT molecular complexity index is 1100. The van der Waals surface area contributed by atoms with Crippen molar-refractivity contribution in [2.75, 3.05) is 5.32 Å². The number of nitrogens with zero attached hydrogens (tertiary/aromatic N) is 4. The summed E-state index contributed by atoms with van der Waals surface area (Å²) >= 11 is 3.17. The Morgan fingerprint density at radius 1 is 1.20 bits per heavy atom. The molecular weight excluding hydrogens is 416 g/mol. The van der Waals surface area contributed by atoms with E-state index >= 15 is 0 Å². The first-order valence-electron chi connectivity index (χ1n) is 10.00. The van der Waals surface area contributed by atoms with Gasteiger partial charge in [-0.2, -0.15) is 0 Å². The molecule has 1 amide bonds. The molecule has 9 heteroatoms. The zero-order valence-corrected chi connectivity index (χ0v) is 18.4. The highest BCUT2D eigenvalue weighted by molar-refractivity contribution is 7.16. The molecule has 5 heterocycles. The minimum Gasteiger partial charge on any atom is -0.332 e. The highest BCUT2D eigenvalue weighted by atomic mass is 32.1. The van der Waals surface area contributed by atoms with Crippen molar-refractivity contribution in [1.29, 1.82) is 5.41 Å². The van der Waals surface area contributed by atoms with Crippen LogP contribution in [0.5, 0.6) is 0 Å². The van der Waals surface area contributed by atoms with Gasteiger partial charge in [-0.1, -0.05) is 0 Å². The number of nitrogens with one attached hydrogen (secondary N) is 2. The van der Waals surface area contributed by atoms with Gasteiger partial charge in [-0.25, -0.2) is 15.0 Å². The first-order valence-corrected chi connectivity index (χ1v) is 11.7. The van der Waals surface area contributed by atoms with Crippen LogP contribution in [0.2, 0.25) is 0 Å². The van der Waals surface area contributed by atoms with Crippen LogP contribution in [0.1, 0.15) is 46.7 Å². The summed E-state index contributed by atoms with van der Waals surface area (Å²) in [7, 11) is 0. The minimum absolute atomic E-state index is 0.0293. The van der Waals surface area contributed by atoms with Crippen LogP contribution in [-0.4, -0.2) is 43.6 Å². The van der Waals surface area contributed by atoms with Gasteiger partial charge in [0, 0.05) is 42.2 Å². The van der Waals surface area contributed by atoms with Gasteiger partial charge in [0.15, 0.2) is 5.13 Å². The third kappa shape index (κ3) is 3.52. The van der Waals surface area contributed by atoms with E-state index in [1.165, 1.54) is 11.3 Å². The molecule has 0 spiro atoms. The summed E-state index contributed by atoms with van der Waals surface area (Å²) in [6.07, 6.45) is 5.05. The SMILES string of the molecule is Cc1nc(C)c(-c2csc(Nc3ccc(C(=O)N4C5CCC4CC(=N)C5)cn3)n2)s1. The van der Waals surface area contributed by atoms with Crippen LogP contribution in [0.4, 0.5) is 10.9 Å². The minimum atomic E-state index is 0.0293. The maximum absolute atomic E-state index is 13.0. The number of aromatic nitrogens is 3. The zero-order chi connectivity index (χ0) is 20.8. The van der Waals surface area contributed by atoms with Gasteiger partial charge in [0.05, 0.1) is 26.8 Å². The summed E-state index contributed by atoms with van der Waals surface area (Å²) in [5.41, 5.74) is 3.29. The zero-order valence-electron chi connectivity index (χ0n) is 16.8. The fourth-order valence-electron chi connectivity index (χ4n) is 4.40. The summed E-state index contributed by atoms with van der Waals surface area (Å²) in [5.74, 6) is 0.690. The molecule has 2 atom stereocenters. The van der Waals surface area contributed by atoms with Crippen LogP contribution in [0.25, 0.3) is 10.6 Å². The number of hydrogen-bond donors (Lipinski definition) is 2. The molecular formula is C21H22N6OS2. The van der Waals surface area contributed by atoms with Crippen molar-refractivity contribution in [2.45, 2.75) is 51.6 Å². The third-order valence-electron chi connectivity index (χ3n) is 5.70. The van der Waals surface area contributed by atoms with Crippen LogP contribution < -0.4 is 5.32 Å². The van der Waals surface area contributed by atoms with Crippen LogP contribution in [0.3, 0.4) is 0 Å². The van der Waals surface area contributed by atoms with Gasteiger partial charge in [-0.3, -0.25) is 4.79 Å². The molecule has 3 aromatic rings. The van der Waals surface area contributed by atoms with Crippen molar-refractivity contribution < 1.29 is 4.79 Å². The molecule has 154 valence electrons. The lowest BCUT2D eigenvalue weighted by molar-refractivity contribution is 0.0657. The molecule has 0 saturated carbocycles. The Morgan fingerprint density at radius 2 is 1.97 bits per heavy atom. The van der Waals surface area contributed by atoms with E-state index in [1.54, 1.807) is 17.5 Å². The number of rotatable bonds is 4. The summed E-state index contributed by atoms with van der Waals surface area (Å²) in [5, 5.41) is 15.0. The quantitative estimate of drug-likeness (QED) is 0.610. The number of carbonyl (C=O) groups excluding carboxylic acids is 1. The van der Waals surface area contributed by atoms with E-state index in [2.05, 4.69) is 20.3 Å². The van der Waals surface area contributed by atoms with Crippen molar-refractivity contribution in [3.63, 3.8) is 0 Å². The molecule has 0 aromatic carbocycles. The van der Waals surface area contributed by atoms with Gasteiger partial charge in [-0.05, 0) is 38.8 Å². The molecule has 0 radical (unpaired) electrons. The summed E-state index contributed by atoms with van der Waals surface area (Å²) in [6, 6.07) is 4.00. The molecule has 0 aliphatic carbocycles. The van der Waals surface area contributed by atoms with Crippen molar-refractivity contribution in [3.05, 3.63) is 40.0 Å². The predicted molar refractivity (Wildman–Crippen MR) is 120 cm³/mol. The molecule has 2 bridgehead atoms. The topological polar surface area (TPSA) is 94.9 Å². The van der Waals surface area contributed by atoms with E-state index < -0.39 is 0 Å². The first kappa shape index (κ1) is 19.3. The number of fused-ring (bicyclic) bond motifs is 2. The van der Waals surface area contributed by atoms with Gasteiger partial charge in [0.25, 0.3) is 5.91 Å². The van der Waals surface area contributed by atoms with E-state index in [9.17, 15) is 4.79 Å². The van der Waals surface area contributed by atoms with Gasteiger partial charge in [0.1, 0.15) is 5.82 Å². The second-order valence-electron chi connectivity index (χ2n) is 7.85. The lowest BCUT2D eigenvalue weighted by atomic mass is 10.00. The number of hydrogen-bond acceptors (Lipinski definition) is 8. The van der Waals surface area contributed by atoms with E-state index in [0.717, 1.165) is 45.0 Å². The van der Waals surface area contributed by atoms with Crippen molar-refractivity contribution in [3.8, 4) is 10.6 Å². The number of aryl methyl sites for hydroxylation is 2. The average molecular weight is 439 g/mol. The predicted octanol–water partition coefficient (Wildman–Crippen LogP) is 4.81. The molecule has 2 unspecified atom stereocenters. The smallest absolute Gasteiger partial charge is 0.255 e. The number of carbonyl (C=O) groups is 1. The maximum Gasteiger partial charge on any atom is 0.255 e. The molecule has 2 aliphatic heterocycles. The monoisotopic (exact) mass is 438 g/mol. The Hall–Kier alpha value is -2.65. The fourth-order valence-corrected chi connectivity index (χ4v) is 6.07. The third-order valence-corrected chi connectivity index (χ3v) is 7.56. The number of anilines is 2. The van der Waals surface area contributed by atoms with Crippen molar-refractivity contribution in [1.82, 2.24) is 19.9 Å². The Kier molecular flexibility index (Phi) is 4.86. The van der Waals surface area contributed by atoms with Crippen LogP contribution in [-0.2, 0) is 0 Å². The van der Waals surface area contributed by atoms with E-state index in [1.807, 2.05) is 36.3 Å². The molecule has 2 aliphatic rings. The molecule has 2 N–H and O–H groups in total. The Morgan fingerprint density at radius 3 is 2.60 bits per heavy atom. The van der Waals surface area contributed by atoms with Gasteiger partial charge in [-0.15, -0.1) is 22.7 Å². The summed E-state index contributed by atoms with van der Waals surface area (Å²) in [6.45, 7) is 4.00. The van der Waals surface area contributed by atoms with E-state index in [-0.39, 0.29) is 18.0 Å². The molecule has 5 rings (SSSR count). The molecule has 3 aromatic heterocycles. The number of amides is 1. The van der Waals surface area contributed by atoms with Crippen LogP contribution >= 0.6 is 22.7 Å². The molecule has 2 saturated heterocycles. The molecule has 2 fully saturated rings. The van der Waals surface area contributed by atoms with Gasteiger partial charge >= 0.3 is 0 Å². The van der Waals surface area contributed by atoms with Crippen LogP contribution in [0, 0.1) is 19.3 Å². The van der Waals surface area contributed by atoms with Crippen molar-refractivity contribution in [2.24, 2.45) is 0 Å². The second kappa shape index (κ2) is 7.55. The Labute approximate surface area is 182 Å². The number of thiazole rings is 2. The average Bonchev–Trinajstić information content (AvgIpc) is 3.38. The summed E-state index contributed by atoms with van der Waals surface area (Å²) in [4.78, 5) is 29.6. The van der Waals surface area contributed by atoms with Gasteiger partial charge in [0.2, 0.25) is 0 Å². The fraction of sp³-hybridized carbons (Fsp3) is 0.381. The normalized spacial score (nSPS) is 20.6. The Balaban J connectivity index is 1.29. The molecule has 30 heavy (non-hydrogen) atoms. The van der Waals surface area contributed by atoms with Gasteiger partial charge < -0.3 is 15.6 Å². The largest absolute Gasteiger partial charge is 0.332 e. The number of pyridine rings is 1. The standard InChI is InChI=1S/C21H22N6OS2/c1-11-19(30-12(2)24-11)17-10-29-21(25-17)26-18-6-3-13(9-23-18)20(28)27-15-4-5-16(27)8-14(22)7-15/h3,6,9-10,15-16,22H,4-5,7-8H2,1-2H3,(H,23,25,26). The maximum atomic E-state index is 13.0.